The summed E-state index contributed by atoms with van der Waals surface area (Å²) in [7, 11) is 0. The summed E-state index contributed by atoms with van der Waals surface area (Å²) in [4.78, 5) is 27.4. The number of amides is 2. The summed E-state index contributed by atoms with van der Waals surface area (Å²) < 4.78 is 0. The van der Waals surface area contributed by atoms with Crippen molar-refractivity contribution >= 4 is 29.3 Å². The standard InChI is InChI=1S/C19H20N2O2S/c1-2-21(13-14-6-4-3-5-7-14)19(23)15-8-9-17-16(12-15)20-18(22)10-11-24-17/h3-9,12H,2,10-11,13H2,1H3,(H,20,22). The summed E-state index contributed by atoms with van der Waals surface area (Å²) in [5.41, 5.74) is 2.45. The summed E-state index contributed by atoms with van der Waals surface area (Å²) in [6.07, 6.45) is 0.498. The summed E-state index contributed by atoms with van der Waals surface area (Å²) >= 11 is 1.64. The highest BCUT2D eigenvalue weighted by Gasteiger charge is 2.19. The molecular formula is C19H20N2O2S. The second-order valence-corrected chi connectivity index (χ2v) is 6.80. The van der Waals surface area contributed by atoms with Crippen molar-refractivity contribution in [1.82, 2.24) is 4.90 Å². The molecule has 124 valence electrons. The van der Waals surface area contributed by atoms with Gasteiger partial charge in [0.05, 0.1) is 5.69 Å². The molecule has 0 fully saturated rings. The lowest BCUT2D eigenvalue weighted by Crippen LogP contribution is -2.30. The zero-order chi connectivity index (χ0) is 16.9. The SMILES string of the molecule is CCN(Cc1ccccc1)C(=O)c1ccc2c(c1)NC(=O)CCS2. The van der Waals surface area contributed by atoms with E-state index in [9.17, 15) is 9.59 Å². The van der Waals surface area contributed by atoms with Gasteiger partial charge in [0.25, 0.3) is 5.91 Å². The van der Waals surface area contributed by atoms with Gasteiger partial charge in [0.2, 0.25) is 5.91 Å². The Morgan fingerprint density at radius 2 is 2.00 bits per heavy atom. The monoisotopic (exact) mass is 340 g/mol. The van der Waals surface area contributed by atoms with Crippen LogP contribution in [0.2, 0.25) is 0 Å². The molecule has 4 nitrogen and oxygen atoms in total. The normalized spacial score (nSPS) is 13.6. The molecule has 3 rings (SSSR count). The van der Waals surface area contributed by atoms with Gasteiger partial charge < -0.3 is 10.2 Å². The molecule has 0 aromatic heterocycles. The van der Waals surface area contributed by atoms with E-state index in [1.807, 2.05) is 54.3 Å². The van der Waals surface area contributed by atoms with E-state index in [0.29, 0.717) is 25.1 Å². The maximum absolute atomic E-state index is 12.8. The van der Waals surface area contributed by atoms with Crippen molar-refractivity contribution in [2.75, 3.05) is 17.6 Å². The van der Waals surface area contributed by atoms with Crippen LogP contribution in [0.1, 0.15) is 29.3 Å². The molecule has 0 aliphatic carbocycles. The van der Waals surface area contributed by atoms with E-state index >= 15 is 0 Å². The number of carbonyl (C=O) groups excluding carboxylic acids is 2. The third kappa shape index (κ3) is 3.79. The van der Waals surface area contributed by atoms with Crippen LogP contribution in [0.25, 0.3) is 0 Å². The number of hydrogen-bond acceptors (Lipinski definition) is 3. The minimum atomic E-state index is -0.0207. The summed E-state index contributed by atoms with van der Waals surface area (Å²) in [5, 5.41) is 2.89. The Labute approximate surface area is 146 Å². The van der Waals surface area contributed by atoms with Gasteiger partial charge in [-0.25, -0.2) is 0 Å². The van der Waals surface area contributed by atoms with Gasteiger partial charge in [0.1, 0.15) is 0 Å². The number of nitrogens with zero attached hydrogens (tertiary/aromatic N) is 1. The number of thioether (sulfide) groups is 1. The maximum Gasteiger partial charge on any atom is 0.254 e. The number of rotatable bonds is 4. The minimum absolute atomic E-state index is 0.00230. The van der Waals surface area contributed by atoms with E-state index in [0.717, 1.165) is 21.9 Å². The molecule has 1 aliphatic heterocycles. The highest BCUT2D eigenvalue weighted by atomic mass is 32.2. The van der Waals surface area contributed by atoms with Gasteiger partial charge in [0, 0.05) is 35.7 Å². The van der Waals surface area contributed by atoms with Crippen LogP contribution in [0.15, 0.2) is 53.4 Å². The molecule has 0 radical (unpaired) electrons. The molecule has 0 bridgehead atoms. The van der Waals surface area contributed by atoms with Crippen molar-refractivity contribution in [1.29, 1.82) is 0 Å². The van der Waals surface area contributed by atoms with Crippen molar-refractivity contribution in [2.45, 2.75) is 24.8 Å². The number of carbonyl (C=O) groups is 2. The van der Waals surface area contributed by atoms with Gasteiger partial charge in [-0.05, 0) is 30.7 Å². The fraction of sp³-hybridized carbons (Fsp3) is 0.263. The van der Waals surface area contributed by atoms with Crippen LogP contribution >= 0.6 is 11.8 Å². The number of nitrogens with one attached hydrogen (secondary N) is 1. The van der Waals surface area contributed by atoms with Crippen molar-refractivity contribution < 1.29 is 9.59 Å². The van der Waals surface area contributed by atoms with E-state index < -0.39 is 0 Å². The Balaban J connectivity index is 1.82. The van der Waals surface area contributed by atoms with Crippen molar-refractivity contribution in [3.05, 3.63) is 59.7 Å². The number of benzene rings is 2. The number of anilines is 1. The first-order valence-electron chi connectivity index (χ1n) is 8.07. The fourth-order valence-electron chi connectivity index (χ4n) is 2.67. The van der Waals surface area contributed by atoms with Gasteiger partial charge in [-0.1, -0.05) is 30.3 Å². The fourth-order valence-corrected chi connectivity index (χ4v) is 3.60. The van der Waals surface area contributed by atoms with Gasteiger partial charge in [-0.3, -0.25) is 9.59 Å². The third-order valence-corrected chi connectivity index (χ3v) is 5.05. The second kappa shape index (κ2) is 7.53. The lowest BCUT2D eigenvalue weighted by molar-refractivity contribution is -0.115. The van der Waals surface area contributed by atoms with Crippen LogP contribution < -0.4 is 5.32 Å². The van der Waals surface area contributed by atoms with E-state index in [-0.39, 0.29) is 11.8 Å². The topological polar surface area (TPSA) is 49.4 Å². The van der Waals surface area contributed by atoms with Crippen LogP contribution in [0, 0.1) is 0 Å². The molecule has 24 heavy (non-hydrogen) atoms. The Kier molecular flexibility index (Phi) is 5.20. The van der Waals surface area contributed by atoms with E-state index in [4.69, 9.17) is 0 Å². The third-order valence-electron chi connectivity index (χ3n) is 3.97. The molecule has 2 aromatic carbocycles. The molecule has 2 aromatic rings. The van der Waals surface area contributed by atoms with E-state index in [1.165, 1.54) is 0 Å². The lowest BCUT2D eigenvalue weighted by Gasteiger charge is -2.21. The first-order chi connectivity index (χ1) is 11.7. The molecule has 0 saturated carbocycles. The average Bonchev–Trinajstić information content (AvgIpc) is 2.79. The van der Waals surface area contributed by atoms with Crippen molar-refractivity contribution in [3.8, 4) is 0 Å². The summed E-state index contributed by atoms with van der Waals surface area (Å²) in [6, 6.07) is 15.5. The second-order valence-electron chi connectivity index (χ2n) is 5.66. The lowest BCUT2D eigenvalue weighted by atomic mass is 10.1. The van der Waals surface area contributed by atoms with E-state index in [2.05, 4.69) is 5.32 Å². The summed E-state index contributed by atoms with van der Waals surface area (Å²) in [5.74, 6) is 0.747. The Morgan fingerprint density at radius 3 is 2.75 bits per heavy atom. The van der Waals surface area contributed by atoms with Crippen molar-refractivity contribution in [2.24, 2.45) is 0 Å². The first-order valence-corrected chi connectivity index (χ1v) is 9.06. The molecular weight excluding hydrogens is 320 g/mol. The molecule has 2 amide bonds. The number of hydrogen-bond donors (Lipinski definition) is 1. The molecule has 5 heteroatoms. The molecule has 0 spiro atoms. The quantitative estimate of drug-likeness (QED) is 0.921. The zero-order valence-electron chi connectivity index (χ0n) is 13.6. The smallest absolute Gasteiger partial charge is 0.254 e. The van der Waals surface area contributed by atoms with Crippen LogP contribution in [0.3, 0.4) is 0 Å². The first kappa shape index (κ1) is 16.6. The maximum atomic E-state index is 12.8. The van der Waals surface area contributed by atoms with Gasteiger partial charge in [-0.2, -0.15) is 0 Å². The molecule has 1 N–H and O–H groups in total. The molecule has 0 unspecified atom stereocenters. The van der Waals surface area contributed by atoms with Crippen molar-refractivity contribution in [3.63, 3.8) is 0 Å². The van der Waals surface area contributed by atoms with Crippen LogP contribution in [0.4, 0.5) is 5.69 Å². The van der Waals surface area contributed by atoms with Gasteiger partial charge in [-0.15, -0.1) is 11.8 Å². The Bertz CT molecular complexity index is 746. The highest BCUT2D eigenvalue weighted by molar-refractivity contribution is 7.99. The Hall–Kier alpha value is -2.27. The average molecular weight is 340 g/mol. The van der Waals surface area contributed by atoms with Crippen LogP contribution in [-0.4, -0.2) is 29.0 Å². The van der Waals surface area contributed by atoms with E-state index in [1.54, 1.807) is 17.8 Å². The van der Waals surface area contributed by atoms with Crippen LogP contribution in [-0.2, 0) is 11.3 Å². The molecule has 0 atom stereocenters. The number of fused-ring (bicyclic) bond motifs is 1. The highest BCUT2D eigenvalue weighted by Crippen LogP contribution is 2.31. The predicted molar refractivity (Wildman–Crippen MR) is 97.3 cm³/mol. The Morgan fingerprint density at radius 1 is 1.21 bits per heavy atom. The largest absolute Gasteiger partial charge is 0.335 e. The predicted octanol–water partition coefficient (Wildman–Crippen LogP) is 3.78. The minimum Gasteiger partial charge on any atom is -0.335 e. The van der Waals surface area contributed by atoms with Gasteiger partial charge >= 0.3 is 0 Å². The van der Waals surface area contributed by atoms with Crippen LogP contribution in [0.5, 0.6) is 0 Å². The zero-order valence-corrected chi connectivity index (χ0v) is 14.4. The molecule has 1 aliphatic rings. The molecule has 0 saturated heterocycles. The summed E-state index contributed by atoms with van der Waals surface area (Å²) in [6.45, 7) is 3.18. The molecule has 1 heterocycles. The van der Waals surface area contributed by atoms with Gasteiger partial charge in [0.15, 0.2) is 0 Å².